The Morgan fingerprint density at radius 3 is 2.45 bits per heavy atom. The van der Waals surface area contributed by atoms with Gasteiger partial charge in [-0.05, 0) is 43.3 Å². The van der Waals surface area contributed by atoms with E-state index in [0.717, 1.165) is 0 Å². The van der Waals surface area contributed by atoms with Crippen molar-refractivity contribution in [2.75, 3.05) is 5.32 Å². The molecule has 2 N–H and O–H groups in total. The van der Waals surface area contributed by atoms with Gasteiger partial charge in [0.05, 0.1) is 17.6 Å². The van der Waals surface area contributed by atoms with E-state index in [-0.39, 0.29) is 23.4 Å². The van der Waals surface area contributed by atoms with Crippen molar-refractivity contribution in [3.05, 3.63) is 71.7 Å². The van der Waals surface area contributed by atoms with Gasteiger partial charge in [0.25, 0.3) is 5.92 Å². The lowest BCUT2D eigenvalue weighted by Crippen LogP contribution is -2.16. The van der Waals surface area contributed by atoms with Gasteiger partial charge in [-0.15, -0.1) is 0 Å². The molecule has 2 aromatic carbocycles. The van der Waals surface area contributed by atoms with Crippen LogP contribution < -0.4 is 10.1 Å². The first-order valence-corrected chi connectivity index (χ1v) is 9.51. The molecule has 5 nitrogen and oxygen atoms in total. The first-order valence-electron chi connectivity index (χ1n) is 9.51. The van der Waals surface area contributed by atoms with E-state index in [9.17, 15) is 22.7 Å². The lowest BCUT2D eigenvalue weighted by atomic mass is 10.1. The van der Waals surface area contributed by atoms with E-state index in [0.29, 0.717) is 22.6 Å². The fourth-order valence-electron chi connectivity index (χ4n) is 2.97. The van der Waals surface area contributed by atoms with Gasteiger partial charge in [0, 0.05) is 23.2 Å². The molecule has 0 saturated heterocycles. The molecule has 0 aliphatic rings. The zero-order valence-electron chi connectivity index (χ0n) is 16.8. The molecule has 31 heavy (non-hydrogen) atoms. The molecule has 9 heteroatoms. The van der Waals surface area contributed by atoms with Crippen molar-refractivity contribution in [2.24, 2.45) is 0 Å². The molecule has 1 unspecified atom stereocenters. The van der Waals surface area contributed by atoms with Crippen LogP contribution in [0.1, 0.15) is 36.5 Å². The van der Waals surface area contributed by atoms with Gasteiger partial charge in [0.15, 0.2) is 6.23 Å². The summed E-state index contributed by atoms with van der Waals surface area (Å²) in [5.41, 5.74) is 1.92. The molecule has 164 valence electrons. The Labute approximate surface area is 176 Å². The maximum atomic E-state index is 13.9. The molecule has 0 spiro atoms. The number of aliphatic hydroxyl groups excluding tert-OH is 1. The van der Waals surface area contributed by atoms with Gasteiger partial charge in [-0.1, -0.05) is 19.1 Å². The average Bonchev–Trinajstić information content (AvgIpc) is 2.74. The Morgan fingerprint density at radius 2 is 1.84 bits per heavy atom. The van der Waals surface area contributed by atoms with E-state index in [2.05, 4.69) is 20.0 Å². The molecule has 0 saturated carbocycles. The minimum absolute atomic E-state index is 0.0237. The summed E-state index contributed by atoms with van der Waals surface area (Å²) in [6, 6.07) is 11.6. The molecule has 0 fully saturated rings. The molecule has 0 aliphatic heterocycles. The molecule has 1 aromatic heterocycles. The van der Waals surface area contributed by atoms with Gasteiger partial charge in [-0.3, -0.25) is 4.98 Å². The third-order valence-electron chi connectivity index (χ3n) is 4.65. The number of benzene rings is 2. The van der Waals surface area contributed by atoms with Crippen LogP contribution in [-0.2, 0) is 5.92 Å². The van der Waals surface area contributed by atoms with E-state index < -0.39 is 18.8 Å². The number of nitrogens with one attached hydrogen (secondary N) is 1. The number of aliphatic hydroxyl groups is 1. The second kappa shape index (κ2) is 9.30. The van der Waals surface area contributed by atoms with Crippen LogP contribution in [0.5, 0.6) is 5.75 Å². The second-order valence-electron chi connectivity index (χ2n) is 6.81. The number of anilines is 1. The van der Waals surface area contributed by atoms with Gasteiger partial charge in [0.1, 0.15) is 11.4 Å². The second-order valence-corrected chi connectivity index (χ2v) is 6.81. The Morgan fingerprint density at radius 1 is 1.13 bits per heavy atom. The minimum Gasteiger partial charge on any atom is -0.435 e. The first kappa shape index (κ1) is 22.5. The molecule has 1 heterocycles. The molecule has 0 radical (unpaired) electrons. The number of hydrogen-bond acceptors (Lipinski definition) is 5. The van der Waals surface area contributed by atoms with Crippen LogP contribution in [-0.4, -0.2) is 21.7 Å². The van der Waals surface area contributed by atoms with Crippen LogP contribution in [0.4, 0.5) is 23.2 Å². The number of hydrogen-bond donors (Lipinski definition) is 2. The van der Waals surface area contributed by atoms with Gasteiger partial charge >= 0.3 is 6.61 Å². The zero-order valence-corrected chi connectivity index (χ0v) is 16.8. The van der Waals surface area contributed by atoms with Gasteiger partial charge < -0.3 is 15.2 Å². The Kier molecular flexibility index (Phi) is 6.74. The number of halogens is 4. The topological polar surface area (TPSA) is 67.3 Å². The van der Waals surface area contributed by atoms with E-state index >= 15 is 0 Å². The summed E-state index contributed by atoms with van der Waals surface area (Å²) in [7, 11) is 0. The quantitative estimate of drug-likeness (QED) is 0.353. The molecule has 3 rings (SSSR count). The predicted octanol–water partition coefficient (Wildman–Crippen LogP) is 5.66. The number of alkyl halides is 4. The summed E-state index contributed by atoms with van der Waals surface area (Å²) in [5, 5.41) is 13.3. The fourth-order valence-corrected chi connectivity index (χ4v) is 2.97. The Bertz CT molecular complexity index is 1030. The van der Waals surface area contributed by atoms with Crippen molar-refractivity contribution in [3.63, 3.8) is 0 Å². The highest BCUT2D eigenvalue weighted by Crippen LogP contribution is 2.33. The van der Waals surface area contributed by atoms with Crippen molar-refractivity contribution >= 4 is 5.69 Å². The predicted molar refractivity (Wildman–Crippen MR) is 108 cm³/mol. The highest BCUT2D eigenvalue weighted by molar-refractivity contribution is 5.59. The van der Waals surface area contributed by atoms with Crippen LogP contribution in [0.3, 0.4) is 0 Å². The SMILES string of the molecule is CCC(F)(F)c1cccc(NC(O)c2ncc(-c3ccc(OC(F)F)cc3)nc2C)c1. The Hall–Kier alpha value is -3.20. The molecular weight excluding hydrogens is 414 g/mol. The van der Waals surface area contributed by atoms with E-state index in [1.807, 2.05) is 0 Å². The van der Waals surface area contributed by atoms with Gasteiger partial charge in [-0.25, -0.2) is 13.8 Å². The smallest absolute Gasteiger partial charge is 0.387 e. The average molecular weight is 435 g/mol. The minimum atomic E-state index is -2.96. The maximum Gasteiger partial charge on any atom is 0.387 e. The monoisotopic (exact) mass is 435 g/mol. The third-order valence-corrected chi connectivity index (χ3v) is 4.65. The summed E-state index contributed by atoms with van der Waals surface area (Å²) >= 11 is 0. The first-order chi connectivity index (χ1) is 14.7. The van der Waals surface area contributed by atoms with E-state index in [4.69, 9.17) is 0 Å². The van der Waals surface area contributed by atoms with Crippen molar-refractivity contribution in [1.82, 2.24) is 9.97 Å². The lowest BCUT2D eigenvalue weighted by Gasteiger charge is -2.19. The highest BCUT2D eigenvalue weighted by atomic mass is 19.3. The van der Waals surface area contributed by atoms with Crippen molar-refractivity contribution in [1.29, 1.82) is 0 Å². The molecule has 0 bridgehead atoms. The number of aromatic nitrogens is 2. The maximum absolute atomic E-state index is 13.9. The Balaban J connectivity index is 1.76. The largest absolute Gasteiger partial charge is 0.435 e. The molecule has 0 aliphatic carbocycles. The van der Waals surface area contributed by atoms with Crippen LogP contribution >= 0.6 is 0 Å². The third kappa shape index (κ3) is 5.49. The summed E-state index contributed by atoms with van der Waals surface area (Å²) in [6.45, 7) is 0.136. The fraction of sp³-hybridized carbons (Fsp3) is 0.273. The van der Waals surface area contributed by atoms with E-state index in [1.54, 1.807) is 25.1 Å². The van der Waals surface area contributed by atoms with Gasteiger partial charge in [0.2, 0.25) is 0 Å². The van der Waals surface area contributed by atoms with Crippen LogP contribution in [0.2, 0.25) is 0 Å². The molecule has 0 amide bonds. The summed E-state index contributed by atoms with van der Waals surface area (Å²) in [5.74, 6) is -2.94. The molecule has 3 aromatic rings. The van der Waals surface area contributed by atoms with Crippen LogP contribution in [0.25, 0.3) is 11.3 Å². The lowest BCUT2D eigenvalue weighted by molar-refractivity contribution is -0.0498. The number of rotatable bonds is 8. The van der Waals surface area contributed by atoms with Crippen LogP contribution in [0.15, 0.2) is 54.7 Å². The van der Waals surface area contributed by atoms with Gasteiger partial charge in [-0.2, -0.15) is 8.78 Å². The zero-order chi connectivity index (χ0) is 22.6. The number of aryl methyl sites for hydroxylation is 1. The van der Waals surface area contributed by atoms with Crippen molar-refractivity contribution in [3.8, 4) is 17.0 Å². The number of nitrogens with zero attached hydrogens (tertiary/aromatic N) is 2. The normalized spacial score (nSPS) is 12.6. The molecule has 1 atom stereocenters. The van der Waals surface area contributed by atoms with Crippen LogP contribution in [0, 0.1) is 6.92 Å². The summed E-state index contributed by atoms with van der Waals surface area (Å²) in [6.07, 6.45) is -0.174. The number of ether oxygens (including phenoxy) is 1. The standard InChI is InChI=1S/C22H21F4N3O2/c1-3-22(25,26)15-5-4-6-16(11-15)29-20(30)19-13(2)28-18(12-27-19)14-7-9-17(10-8-14)31-21(23)24/h4-12,20-21,29-30H,3H2,1-2H3. The summed E-state index contributed by atoms with van der Waals surface area (Å²) in [4.78, 5) is 8.63. The molecular formula is C22H21F4N3O2. The van der Waals surface area contributed by atoms with E-state index in [1.165, 1.54) is 43.5 Å². The van der Waals surface area contributed by atoms with Crippen molar-refractivity contribution < 1.29 is 27.4 Å². The summed E-state index contributed by atoms with van der Waals surface area (Å²) < 4.78 is 56.7. The highest BCUT2D eigenvalue weighted by Gasteiger charge is 2.29. The van der Waals surface area contributed by atoms with Crippen molar-refractivity contribution in [2.45, 2.75) is 39.0 Å².